The Bertz CT molecular complexity index is 513. The van der Waals surface area contributed by atoms with Gasteiger partial charge in [0.05, 0.1) is 5.56 Å². The number of aromatic carboxylic acids is 1. The van der Waals surface area contributed by atoms with Crippen LogP contribution in [-0.4, -0.2) is 35.2 Å². The average Bonchev–Trinajstić information content (AvgIpc) is 2.91. The molecule has 0 spiro atoms. The number of benzene rings is 1. The van der Waals surface area contributed by atoms with E-state index in [2.05, 4.69) is 10.6 Å². The number of carbonyl (C=O) groups excluding carboxylic acids is 1. The molecule has 2 amide bonds. The van der Waals surface area contributed by atoms with Gasteiger partial charge in [-0.2, -0.15) is 11.8 Å². The zero-order valence-electron chi connectivity index (χ0n) is 11.3. The van der Waals surface area contributed by atoms with E-state index in [1.165, 1.54) is 6.07 Å². The lowest BCUT2D eigenvalue weighted by Crippen LogP contribution is -2.33. The Morgan fingerprint density at radius 3 is 2.90 bits per heavy atom. The molecule has 1 unspecified atom stereocenters. The molecule has 0 radical (unpaired) electrons. The molecule has 1 heterocycles. The quantitative estimate of drug-likeness (QED) is 0.797. The van der Waals surface area contributed by atoms with E-state index >= 15 is 0 Å². The molecule has 0 saturated carbocycles. The van der Waals surface area contributed by atoms with Crippen molar-refractivity contribution in [3.63, 3.8) is 0 Å². The molecule has 1 saturated heterocycles. The minimum Gasteiger partial charge on any atom is -0.478 e. The predicted octanol–water partition coefficient (Wildman–Crippen LogP) is 2.57. The van der Waals surface area contributed by atoms with Gasteiger partial charge in [0.2, 0.25) is 0 Å². The smallest absolute Gasteiger partial charge is 0.336 e. The predicted molar refractivity (Wildman–Crippen MR) is 80.6 cm³/mol. The Labute approximate surface area is 122 Å². The zero-order valence-corrected chi connectivity index (χ0v) is 12.1. The van der Waals surface area contributed by atoms with E-state index in [1.54, 1.807) is 19.1 Å². The van der Waals surface area contributed by atoms with Crippen LogP contribution in [-0.2, 0) is 0 Å². The molecule has 0 aliphatic carbocycles. The molecule has 3 N–H and O–H groups in total. The standard InChI is InChI=1S/C14H18N2O3S/c1-9-2-3-11(6-12(9)13(17)18)16-14(19)15-7-10-4-5-20-8-10/h2-3,6,10H,4-5,7-8H2,1H3,(H,17,18)(H2,15,16,19). The first kappa shape index (κ1) is 14.7. The van der Waals surface area contributed by atoms with Crippen molar-refractivity contribution in [3.05, 3.63) is 29.3 Å². The zero-order chi connectivity index (χ0) is 14.5. The molecule has 1 aromatic rings. The first-order valence-corrected chi connectivity index (χ1v) is 7.68. The van der Waals surface area contributed by atoms with Crippen molar-refractivity contribution in [1.29, 1.82) is 0 Å². The van der Waals surface area contributed by atoms with Crippen LogP contribution in [0.4, 0.5) is 10.5 Å². The van der Waals surface area contributed by atoms with Gasteiger partial charge in [-0.1, -0.05) is 6.07 Å². The summed E-state index contributed by atoms with van der Waals surface area (Å²) >= 11 is 1.91. The largest absolute Gasteiger partial charge is 0.478 e. The Morgan fingerprint density at radius 1 is 1.45 bits per heavy atom. The van der Waals surface area contributed by atoms with Crippen molar-refractivity contribution in [2.24, 2.45) is 5.92 Å². The average molecular weight is 294 g/mol. The van der Waals surface area contributed by atoms with Crippen LogP contribution in [0.5, 0.6) is 0 Å². The Balaban J connectivity index is 1.90. The number of hydrogen-bond acceptors (Lipinski definition) is 3. The highest BCUT2D eigenvalue weighted by molar-refractivity contribution is 7.99. The van der Waals surface area contributed by atoms with Gasteiger partial charge in [-0.15, -0.1) is 0 Å². The minimum absolute atomic E-state index is 0.204. The van der Waals surface area contributed by atoms with Crippen LogP contribution in [0.2, 0.25) is 0 Å². The number of hydrogen-bond donors (Lipinski definition) is 3. The first-order valence-electron chi connectivity index (χ1n) is 6.53. The second-order valence-electron chi connectivity index (χ2n) is 4.90. The van der Waals surface area contributed by atoms with Crippen LogP contribution in [0.1, 0.15) is 22.3 Å². The van der Waals surface area contributed by atoms with E-state index in [1.807, 2.05) is 11.8 Å². The van der Waals surface area contributed by atoms with Crippen LogP contribution in [0.15, 0.2) is 18.2 Å². The fraction of sp³-hybridized carbons (Fsp3) is 0.429. The topological polar surface area (TPSA) is 78.4 Å². The molecule has 1 aliphatic rings. The van der Waals surface area contributed by atoms with Crippen LogP contribution in [0.3, 0.4) is 0 Å². The molecule has 1 aliphatic heterocycles. The van der Waals surface area contributed by atoms with Gasteiger partial charge in [-0.3, -0.25) is 0 Å². The van der Waals surface area contributed by atoms with E-state index in [4.69, 9.17) is 5.11 Å². The third-order valence-corrected chi connectivity index (χ3v) is 4.53. The number of carboxylic acid groups (broad SMARTS) is 1. The van der Waals surface area contributed by atoms with Crippen molar-refractivity contribution >= 4 is 29.4 Å². The minimum atomic E-state index is -0.991. The highest BCUT2D eigenvalue weighted by Gasteiger charge is 2.16. The molecule has 2 rings (SSSR count). The number of thioether (sulfide) groups is 1. The van der Waals surface area contributed by atoms with Gasteiger partial charge in [0.15, 0.2) is 0 Å². The Hall–Kier alpha value is -1.69. The number of carboxylic acids is 1. The lowest BCUT2D eigenvalue weighted by atomic mass is 10.1. The fourth-order valence-corrected chi connectivity index (χ4v) is 3.37. The fourth-order valence-electron chi connectivity index (χ4n) is 2.09. The lowest BCUT2D eigenvalue weighted by molar-refractivity contribution is 0.0696. The lowest BCUT2D eigenvalue weighted by Gasteiger charge is -2.12. The van der Waals surface area contributed by atoms with Crippen molar-refractivity contribution in [1.82, 2.24) is 5.32 Å². The number of urea groups is 1. The van der Waals surface area contributed by atoms with Gasteiger partial charge in [0.1, 0.15) is 0 Å². The van der Waals surface area contributed by atoms with Gasteiger partial charge in [-0.25, -0.2) is 9.59 Å². The summed E-state index contributed by atoms with van der Waals surface area (Å²) in [6, 6.07) is 4.57. The molecule has 1 fully saturated rings. The number of amides is 2. The molecule has 108 valence electrons. The summed E-state index contributed by atoms with van der Waals surface area (Å²) in [7, 11) is 0. The molecular formula is C14H18N2O3S. The summed E-state index contributed by atoms with van der Waals surface area (Å²) in [4.78, 5) is 22.8. The van der Waals surface area contributed by atoms with Crippen molar-refractivity contribution < 1.29 is 14.7 Å². The van der Waals surface area contributed by atoms with Crippen molar-refractivity contribution in [2.45, 2.75) is 13.3 Å². The van der Waals surface area contributed by atoms with Gasteiger partial charge in [0, 0.05) is 12.2 Å². The van der Waals surface area contributed by atoms with Crippen molar-refractivity contribution in [3.8, 4) is 0 Å². The summed E-state index contributed by atoms with van der Waals surface area (Å²) in [5.41, 5.74) is 1.37. The monoisotopic (exact) mass is 294 g/mol. The van der Waals surface area contributed by atoms with Gasteiger partial charge < -0.3 is 15.7 Å². The second-order valence-corrected chi connectivity index (χ2v) is 6.05. The van der Waals surface area contributed by atoms with Crippen LogP contribution in [0, 0.1) is 12.8 Å². The Morgan fingerprint density at radius 2 is 2.25 bits per heavy atom. The van der Waals surface area contributed by atoms with E-state index in [0.717, 1.165) is 17.9 Å². The molecule has 6 heteroatoms. The van der Waals surface area contributed by atoms with E-state index < -0.39 is 5.97 Å². The summed E-state index contributed by atoms with van der Waals surface area (Å²) in [6.07, 6.45) is 1.14. The first-order chi connectivity index (χ1) is 9.56. The number of rotatable bonds is 4. The van der Waals surface area contributed by atoms with Crippen LogP contribution >= 0.6 is 11.8 Å². The summed E-state index contributed by atoms with van der Waals surface area (Å²) in [6.45, 7) is 2.39. The molecule has 5 nitrogen and oxygen atoms in total. The summed E-state index contributed by atoms with van der Waals surface area (Å²) in [5, 5.41) is 14.5. The normalized spacial score (nSPS) is 17.8. The van der Waals surface area contributed by atoms with E-state index in [0.29, 0.717) is 23.7 Å². The summed E-state index contributed by atoms with van der Waals surface area (Å²) in [5.74, 6) is 1.80. The van der Waals surface area contributed by atoms with Gasteiger partial charge in [0.25, 0.3) is 0 Å². The maximum Gasteiger partial charge on any atom is 0.336 e. The third-order valence-electron chi connectivity index (χ3n) is 3.30. The number of carbonyl (C=O) groups is 2. The van der Waals surface area contributed by atoms with Crippen LogP contribution < -0.4 is 10.6 Å². The number of anilines is 1. The molecule has 0 bridgehead atoms. The molecule has 20 heavy (non-hydrogen) atoms. The van der Waals surface area contributed by atoms with E-state index in [-0.39, 0.29) is 11.6 Å². The maximum atomic E-state index is 11.8. The number of aryl methyl sites for hydroxylation is 1. The van der Waals surface area contributed by atoms with E-state index in [9.17, 15) is 9.59 Å². The van der Waals surface area contributed by atoms with Crippen molar-refractivity contribution in [2.75, 3.05) is 23.4 Å². The number of nitrogens with one attached hydrogen (secondary N) is 2. The van der Waals surface area contributed by atoms with Gasteiger partial charge >= 0.3 is 12.0 Å². The summed E-state index contributed by atoms with van der Waals surface area (Å²) < 4.78 is 0. The molecule has 0 aromatic heterocycles. The molecular weight excluding hydrogens is 276 g/mol. The second kappa shape index (κ2) is 6.65. The highest BCUT2D eigenvalue weighted by Crippen LogP contribution is 2.22. The molecule has 1 atom stereocenters. The SMILES string of the molecule is Cc1ccc(NC(=O)NCC2CCSC2)cc1C(=O)O. The van der Waals surface area contributed by atoms with Gasteiger partial charge in [-0.05, 0) is 48.5 Å². The highest BCUT2D eigenvalue weighted by atomic mass is 32.2. The maximum absolute atomic E-state index is 11.8. The van der Waals surface area contributed by atoms with Crippen LogP contribution in [0.25, 0.3) is 0 Å². The third kappa shape index (κ3) is 3.90. The Kier molecular flexibility index (Phi) is 4.89. The molecule has 1 aromatic carbocycles.